The van der Waals surface area contributed by atoms with Crippen molar-refractivity contribution in [1.82, 2.24) is 0 Å². The fourth-order valence-corrected chi connectivity index (χ4v) is 3.91. The van der Waals surface area contributed by atoms with Crippen LogP contribution in [0, 0.1) is 17.3 Å². The molecule has 0 amide bonds. The Morgan fingerprint density at radius 2 is 1.75 bits per heavy atom. The second-order valence-corrected chi connectivity index (χ2v) is 4.86. The van der Waals surface area contributed by atoms with E-state index in [2.05, 4.69) is 0 Å². The van der Waals surface area contributed by atoms with Gasteiger partial charge < -0.3 is 9.47 Å². The number of fused-ring (bicyclic) bond motifs is 4. The van der Waals surface area contributed by atoms with Gasteiger partial charge in [-0.25, -0.2) is 0 Å². The zero-order valence-corrected chi connectivity index (χ0v) is 7.21. The maximum absolute atomic E-state index is 5.81. The third-order valence-electron chi connectivity index (χ3n) is 4.53. The normalized spacial score (nSPS) is 50.0. The van der Waals surface area contributed by atoms with Crippen LogP contribution in [0.4, 0.5) is 0 Å². The number of rotatable bonds is 0. The third-order valence-corrected chi connectivity index (χ3v) is 4.53. The van der Waals surface area contributed by atoms with Gasteiger partial charge in [0, 0.05) is 12.3 Å². The van der Waals surface area contributed by atoms with Gasteiger partial charge in [0.05, 0.1) is 13.2 Å². The average molecular weight is 166 g/mol. The van der Waals surface area contributed by atoms with Gasteiger partial charge in [0.25, 0.3) is 0 Å². The van der Waals surface area contributed by atoms with Crippen molar-refractivity contribution >= 4 is 0 Å². The SMILES string of the molecule is C1COC2(CC[C@H]3[C@@H]2C32CC2)O1. The first-order valence-corrected chi connectivity index (χ1v) is 5.15. The van der Waals surface area contributed by atoms with Crippen molar-refractivity contribution in [2.24, 2.45) is 17.3 Å². The van der Waals surface area contributed by atoms with Crippen LogP contribution >= 0.6 is 0 Å². The van der Waals surface area contributed by atoms with Crippen LogP contribution in [-0.2, 0) is 9.47 Å². The van der Waals surface area contributed by atoms with Crippen LogP contribution in [0.15, 0.2) is 0 Å². The molecule has 0 aromatic carbocycles. The molecule has 12 heavy (non-hydrogen) atoms. The molecule has 4 rings (SSSR count). The van der Waals surface area contributed by atoms with E-state index in [0.717, 1.165) is 30.5 Å². The van der Waals surface area contributed by atoms with Crippen molar-refractivity contribution in [2.75, 3.05) is 13.2 Å². The van der Waals surface area contributed by atoms with Crippen molar-refractivity contribution < 1.29 is 9.47 Å². The summed E-state index contributed by atoms with van der Waals surface area (Å²) in [6.45, 7) is 1.67. The van der Waals surface area contributed by atoms with Gasteiger partial charge in [-0.15, -0.1) is 0 Å². The van der Waals surface area contributed by atoms with Gasteiger partial charge in [0.2, 0.25) is 0 Å². The van der Waals surface area contributed by atoms with E-state index in [1.54, 1.807) is 0 Å². The molecule has 4 fully saturated rings. The van der Waals surface area contributed by atoms with E-state index >= 15 is 0 Å². The zero-order valence-electron chi connectivity index (χ0n) is 7.21. The van der Waals surface area contributed by atoms with E-state index in [0.29, 0.717) is 0 Å². The summed E-state index contributed by atoms with van der Waals surface area (Å²) in [5, 5.41) is 0. The molecule has 0 N–H and O–H groups in total. The monoisotopic (exact) mass is 166 g/mol. The summed E-state index contributed by atoms with van der Waals surface area (Å²) in [4.78, 5) is 0. The number of hydrogen-bond donors (Lipinski definition) is 0. The summed E-state index contributed by atoms with van der Waals surface area (Å²) < 4.78 is 11.6. The molecule has 3 saturated carbocycles. The van der Waals surface area contributed by atoms with Crippen LogP contribution in [0.5, 0.6) is 0 Å². The Morgan fingerprint density at radius 3 is 2.33 bits per heavy atom. The quantitative estimate of drug-likeness (QED) is 0.543. The van der Waals surface area contributed by atoms with Crippen molar-refractivity contribution in [3.05, 3.63) is 0 Å². The summed E-state index contributed by atoms with van der Waals surface area (Å²) in [6, 6.07) is 0. The molecule has 0 aromatic heterocycles. The highest BCUT2D eigenvalue weighted by Crippen LogP contribution is 2.83. The fourth-order valence-electron chi connectivity index (χ4n) is 3.91. The van der Waals surface area contributed by atoms with Crippen molar-refractivity contribution in [1.29, 1.82) is 0 Å². The van der Waals surface area contributed by atoms with Crippen LogP contribution in [0.25, 0.3) is 0 Å². The van der Waals surface area contributed by atoms with E-state index in [9.17, 15) is 0 Å². The van der Waals surface area contributed by atoms with Crippen molar-refractivity contribution in [2.45, 2.75) is 31.5 Å². The molecule has 0 radical (unpaired) electrons. The highest BCUT2D eigenvalue weighted by molar-refractivity contribution is 5.26. The van der Waals surface area contributed by atoms with Gasteiger partial charge in [-0.2, -0.15) is 0 Å². The molecule has 1 aliphatic heterocycles. The Morgan fingerprint density at radius 1 is 1.00 bits per heavy atom. The summed E-state index contributed by atoms with van der Waals surface area (Å²) >= 11 is 0. The molecule has 4 aliphatic rings. The van der Waals surface area contributed by atoms with Crippen LogP contribution in [-0.4, -0.2) is 19.0 Å². The second-order valence-electron chi connectivity index (χ2n) is 4.86. The highest BCUT2D eigenvalue weighted by Gasteiger charge is 2.81. The molecule has 2 atom stereocenters. The standard InChI is InChI=1S/C10H14O2/c1-2-10(11-5-6-12-10)8-7(1)9(8)3-4-9/h7-8H,1-6H2/t7-,8+/m0/s1. The third kappa shape index (κ3) is 0.495. The zero-order chi connectivity index (χ0) is 7.81. The van der Waals surface area contributed by atoms with E-state index in [1.807, 2.05) is 0 Å². The molecule has 0 bridgehead atoms. The van der Waals surface area contributed by atoms with Crippen LogP contribution in [0.1, 0.15) is 25.7 Å². The lowest BCUT2D eigenvalue weighted by atomic mass is 10.1. The number of ether oxygens (including phenoxy) is 2. The van der Waals surface area contributed by atoms with E-state index in [4.69, 9.17) is 9.47 Å². The molecule has 2 nitrogen and oxygen atoms in total. The van der Waals surface area contributed by atoms with Gasteiger partial charge in [0.15, 0.2) is 5.79 Å². The lowest BCUT2D eigenvalue weighted by molar-refractivity contribution is -0.172. The van der Waals surface area contributed by atoms with E-state index in [1.165, 1.54) is 25.7 Å². The molecule has 1 saturated heterocycles. The van der Waals surface area contributed by atoms with Gasteiger partial charge in [-0.05, 0) is 30.6 Å². The molecule has 0 unspecified atom stereocenters. The highest BCUT2D eigenvalue weighted by atomic mass is 16.7. The van der Waals surface area contributed by atoms with Gasteiger partial charge >= 0.3 is 0 Å². The Labute approximate surface area is 72.2 Å². The topological polar surface area (TPSA) is 18.5 Å². The van der Waals surface area contributed by atoms with E-state index < -0.39 is 0 Å². The number of hydrogen-bond acceptors (Lipinski definition) is 2. The lowest BCUT2D eigenvalue weighted by Gasteiger charge is -2.24. The second kappa shape index (κ2) is 1.60. The fraction of sp³-hybridized carbons (Fsp3) is 1.00. The summed E-state index contributed by atoms with van der Waals surface area (Å²) in [6.07, 6.45) is 5.45. The maximum atomic E-state index is 5.81. The lowest BCUT2D eigenvalue weighted by Crippen LogP contribution is -2.31. The van der Waals surface area contributed by atoms with Gasteiger partial charge in [-0.3, -0.25) is 0 Å². The summed E-state index contributed by atoms with van der Waals surface area (Å²) in [5.74, 6) is 1.70. The Bertz CT molecular complexity index is 233. The minimum Gasteiger partial charge on any atom is -0.347 e. The molecule has 2 heteroatoms. The van der Waals surface area contributed by atoms with Crippen molar-refractivity contribution in [3.8, 4) is 0 Å². The Balaban J connectivity index is 1.72. The molecular formula is C10H14O2. The predicted molar refractivity (Wildman–Crippen MR) is 42.5 cm³/mol. The molecule has 1 heterocycles. The van der Waals surface area contributed by atoms with Crippen LogP contribution in [0.3, 0.4) is 0 Å². The molecular weight excluding hydrogens is 152 g/mol. The molecule has 2 spiro atoms. The minimum absolute atomic E-state index is 0.0822. The van der Waals surface area contributed by atoms with Crippen LogP contribution < -0.4 is 0 Å². The Hall–Kier alpha value is -0.0800. The van der Waals surface area contributed by atoms with Crippen LogP contribution in [0.2, 0.25) is 0 Å². The predicted octanol–water partition coefficient (Wildman–Crippen LogP) is 1.55. The van der Waals surface area contributed by atoms with E-state index in [-0.39, 0.29) is 5.79 Å². The minimum atomic E-state index is -0.0822. The van der Waals surface area contributed by atoms with Gasteiger partial charge in [-0.1, -0.05) is 0 Å². The summed E-state index contributed by atoms with van der Waals surface area (Å²) in [5.41, 5.74) is 0.739. The largest absolute Gasteiger partial charge is 0.347 e. The maximum Gasteiger partial charge on any atom is 0.172 e. The smallest absolute Gasteiger partial charge is 0.172 e. The first-order valence-electron chi connectivity index (χ1n) is 5.15. The van der Waals surface area contributed by atoms with Gasteiger partial charge in [0.1, 0.15) is 0 Å². The molecule has 0 aromatic rings. The van der Waals surface area contributed by atoms with Crippen molar-refractivity contribution in [3.63, 3.8) is 0 Å². The summed E-state index contributed by atoms with van der Waals surface area (Å²) in [7, 11) is 0. The first kappa shape index (κ1) is 6.39. The average Bonchev–Trinajstić information content (AvgIpc) is 2.89. The molecule has 3 aliphatic carbocycles. The molecule has 66 valence electrons. The Kier molecular flexibility index (Phi) is 0.851. The first-order chi connectivity index (χ1) is 5.88.